The summed E-state index contributed by atoms with van der Waals surface area (Å²) in [6.07, 6.45) is 1.83. The zero-order chi connectivity index (χ0) is 15.2. The number of hydrazone groups is 1. The van der Waals surface area contributed by atoms with Crippen LogP contribution in [0.4, 0.5) is 5.69 Å². The number of hydrogen-bond donors (Lipinski definition) is 1. The summed E-state index contributed by atoms with van der Waals surface area (Å²) in [4.78, 5) is 0. The van der Waals surface area contributed by atoms with Crippen molar-refractivity contribution in [2.24, 2.45) is 5.10 Å². The molecule has 0 heterocycles. The van der Waals surface area contributed by atoms with Gasteiger partial charge in [-0.05, 0) is 35.7 Å². The quantitative estimate of drug-likeness (QED) is 0.523. The van der Waals surface area contributed by atoms with Crippen molar-refractivity contribution in [1.82, 2.24) is 0 Å². The third-order valence-electron chi connectivity index (χ3n) is 3.48. The molecule has 1 N–H and O–H groups in total. The number of anilines is 1. The van der Waals surface area contributed by atoms with E-state index in [2.05, 4.69) is 66.0 Å². The van der Waals surface area contributed by atoms with E-state index in [4.69, 9.17) is 0 Å². The minimum absolute atomic E-state index is 0.982. The van der Waals surface area contributed by atoms with Gasteiger partial charge in [-0.25, -0.2) is 0 Å². The summed E-state index contributed by atoms with van der Waals surface area (Å²) in [5, 5.41) is 4.25. The van der Waals surface area contributed by atoms with Crippen LogP contribution in [0.15, 0.2) is 84.0 Å². The summed E-state index contributed by atoms with van der Waals surface area (Å²) in [6, 6.07) is 26.9. The highest BCUT2D eigenvalue weighted by atomic mass is 15.3. The van der Waals surface area contributed by atoms with Crippen molar-refractivity contribution < 1.29 is 0 Å². The molecule has 0 saturated carbocycles. The van der Waals surface area contributed by atoms with Crippen molar-refractivity contribution in [3.8, 4) is 11.1 Å². The SMILES string of the molecule is Cc1ccc(-c2ccc(C=NNc3ccccc3)cc2)cc1. The molecule has 0 unspecified atom stereocenters. The van der Waals surface area contributed by atoms with E-state index in [1.54, 1.807) is 0 Å². The number of rotatable bonds is 4. The van der Waals surface area contributed by atoms with Crippen LogP contribution in [0.2, 0.25) is 0 Å². The number of nitrogens with one attached hydrogen (secondary N) is 1. The van der Waals surface area contributed by atoms with Crippen LogP contribution in [0.25, 0.3) is 11.1 Å². The molecule has 0 radical (unpaired) electrons. The van der Waals surface area contributed by atoms with Crippen LogP contribution in [0.3, 0.4) is 0 Å². The van der Waals surface area contributed by atoms with E-state index in [1.807, 2.05) is 36.5 Å². The molecule has 0 bridgehead atoms. The van der Waals surface area contributed by atoms with Gasteiger partial charge in [0.1, 0.15) is 0 Å². The summed E-state index contributed by atoms with van der Waals surface area (Å²) >= 11 is 0. The van der Waals surface area contributed by atoms with Crippen molar-refractivity contribution in [2.75, 3.05) is 5.43 Å². The molecule has 0 aliphatic rings. The van der Waals surface area contributed by atoms with E-state index in [-0.39, 0.29) is 0 Å². The van der Waals surface area contributed by atoms with Crippen LogP contribution in [0, 0.1) is 6.92 Å². The second-order valence-electron chi connectivity index (χ2n) is 5.22. The van der Waals surface area contributed by atoms with E-state index in [0.717, 1.165) is 11.3 Å². The first-order chi connectivity index (χ1) is 10.8. The molecule has 2 heteroatoms. The van der Waals surface area contributed by atoms with E-state index in [0.29, 0.717) is 0 Å². The molecule has 0 atom stereocenters. The smallest absolute Gasteiger partial charge is 0.0561 e. The number of aryl methyl sites for hydroxylation is 1. The molecule has 0 fully saturated rings. The Labute approximate surface area is 131 Å². The fraction of sp³-hybridized carbons (Fsp3) is 0.0500. The molecule has 22 heavy (non-hydrogen) atoms. The molecule has 0 saturated heterocycles. The van der Waals surface area contributed by atoms with Crippen molar-refractivity contribution in [3.63, 3.8) is 0 Å². The summed E-state index contributed by atoms with van der Waals surface area (Å²) in [5.41, 5.74) is 8.79. The molecule has 0 aromatic heterocycles. The molecule has 3 aromatic rings. The third kappa shape index (κ3) is 3.61. The third-order valence-corrected chi connectivity index (χ3v) is 3.48. The molecule has 3 aromatic carbocycles. The molecule has 0 amide bonds. The van der Waals surface area contributed by atoms with Gasteiger partial charge in [0.2, 0.25) is 0 Å². The summed E-state index contributed by atoms with van der Waals surface area (Å²) in [7, 11) is 0. The molecule has 0 aliphatic carbocycles. The van der Waals surface area contributed by atoms with Gasteiger partial charge >= 0.3 is 0 Å². The van der Waals surface area contributed by atoms with Gasteiger partial charge in [0.15, 0.2) is 0 Å². The number of hydrogen-bond acceptors (Lipinski definition) is 2. The fourth-order valence-electron chi connectivity index (χ4n) is 2.20. The average Bonchev–Trinajstić information content (AvgIpc) is 2.57. The first-order valence-electron chi connectivity index (χ1n) is 7.32. The second kappa shape index (κ2) is 6.72. The Kier molecular flexibility index (Phi) is 4.30. The number of benzene rings is 3. The first-order valence-corrected chi connectivity index (χ1v) is 7.32. The minimum Gasteiger partial charge on any atom is -0.279 e. The number of para-hydroxylation sites is 1. The van der Waals surface area contributed by atoms with Crippen LogP contribution in [0.5, 0.6) is 0 Å². The van der Waals surface area contributed by atoms with E-state index in [9.17, 15) is 0 Å². The zero-order valence-corrected chi connectivity index (χ0v) is 12.5. The van der Waals surface area contributed by atoms with Crippen LogP contribution >= 0.6 is 0 Å². The van der Waals surface area contributed by atoms with Gasteiger partial charge in [0, 0.05) is 0 Å². The molecule has 3 rings (SSSR count). The van der Waals surface area contributed by atoms with Crippen LogP contribution in [-0.4, -0.2) is 6.21 Å². The highest BCUT2D eigenvalue weighted by molar-refractivity contribution is 5.81. The molecule has 108 valence electrons. The van der Waals surface area contributed by atoms with E-state index in [1.165, 1.54) is 16.7 Å². The topological polar surface area (TPSA) is 24.4 Å². The Morgan fingerprint density at radius 3 is 1.95 bits per heavy atom. The van der Waals surface area contributed by atoms with E-state index < -0.39 is 0 Å². The minimum atomic E-state index is 0.982. The van der Waals surface area contributed by atoms with Gasteiger partial charge in [-0.3, -0.25) is 5.43 Å². The lowest BCUT2D eigenvalue weighted by atomic mass is 10.0. The van der Waals surface area contributed by atoms with Crippen molar-refractivity contribution in [3.05, 3.63) is 90.0 Å². The maximum absolute atomic E-state index is 4.25. The highest BCUT2D eigenvalue weighted by Gasteiger charge is 1.97. The van der Waals surface area contributed by atoms with Gasteiger partial charge in [-0.1, -0.05) is 72.3 Å². The first kappa shape index (κ1) is 14.1. The van der Waals surface area contributed by atoms with E-state index >= 15 is 0 Å². The molecular formula is C20H18N2. The van der Waals surface area contributed by atoms with Gasteiger partial charge in [0.25, 0.3) is 0 Å². The molecule has 2 nitrogen and oxygen atoms in total. The lowest BCUT2D eigenvalue weighted by Crippen LogP contribution is -1.90. The van der Waals surface area contributed by atoms with Gasteiger partial charge in [0.05, 0.1) is 11.9 Å². The van der Waals surface area contributed by atoms with Crippen LogP contribution in [-0.2, 0) is 0 Å². The van der Waals surface area contributed by atoms with Crippen molar-refractivity contribution in [1.29, 1.82) is 0 Å². The number of nitrogens with zero attached hydrogens (tertiary/aromatic N) is 1. The zero-order valence-electron chi connectivity index (χ0n) is 12.5. The Morgan fingerprint density at radius 2 is 1.32 bits per heavy atom. The molecule has 0 spiro atoms. The summed E-state index contributed by atoms with van der Waals surface area (Å²) < 4.78 is 0. The summed E-state index contributed by atoms with van der Waals surface area (Å²) in [5.74, 6) is 0. The Balaban J connectivity index is 1.68. The van der Waals surface area contributed by atoms with Crippen molar-refractivity contribution in [2.45, 2.75) is 6.92 Å². The van der Waals surface area contributed by atoms with Gasteiger partial charge < -0.3 is 0 Å². The maximum Gasteiger partial charge on any atom is 0.0561 e. The standard InChI is InChI=1S/C20H18N2/c1-16-7-11-18(12-8-16)19-13-9-17(10-14-19)15-21-22-20-5-3-2-4-6-20/h2-15,22H,1H3. The van der Waals surface area contributed by atoms with Crippen molar-refractivity contribution >= 4 is 11.9 Å². The Hall–Kier alpha value is -2.87. The average molecular weight is 286 g/mol. The van der Waals surface area contributed by atoms with Gasteiger partial charge in [-0.15, -0.1) is 0 Å². The second-order valence-corrected chi connectivity index (χ2v) is 5.22. The van der Waals surface area contributed by atoms with Crippen LogP contribution in [0.1, 0.15) is 11.1 Å². The lowest BCUT2D eigenvalue weighted by molar-refractivity contribution is 1.35. The monoisotopic (exact) mass is 286 g/mol. The van der Waals surface area contributed by atoms with Crippen LogP contribution < -0.4 is 5.43 Å². The van der Waals surface area contributed by atoms with Gasteiger partial charge in [-0.2, -0.15) is 5.10 Å². The highest BCUT2D eigenvalue weighted by Crippen LogP contribution is 2.19. The predicted molar refractivity (Wildman–Crippen MR) is 94.3 cm³/mol. The predicted octanol–water partition coefficient (Wildman–Crippen LogP) is 5.11. The summed E-state index contributed by atoms with van der Waals surface area (Å²) in [6.45, 7) is 2.10. The maximum atomic E-state index is 4.25. The Bertz CT molecular complexity index is 742. The lowest BCUT2D eigenvalue weighted by Gasteiger charge is -2.03. The largest absolute Gasteiger partial charge is 0.279 e. The molecule has 0 aliphatic heterocycles. The normalized spacial score (nSPS) is 10.8. The fourth-order valence-corrected chi connectivity index (χ4v) is 2.20. The molecular weight excluding hydrogens is 268 g/mol. The Morgan fingerprint density at radius 1 is 0.727 bits per heavy atom.